The molecule has 4 atom stereocenters. The Hall–Kier alpha value is -0.660. The fraction of sp³-hybridized carbons (Fsp3) is 0.900. The highest BCUT2D eigenvalue weighted by atomic mass is 32.2. The van der Waals surface area contributed by atoms with Gasteiger partial charge >= 0.3 is 5.97 Å². The molecule has 0 spiro atoms. The van der Waals surface area contributed by atoms with Crippen molar-refractivity contribution in [1.82, 2.24) is 9.03 Å². The zero-order valence-corrected chi connectivity index (χ0v) is 10.8. The molecule has 98 valence electrons. The van der Waals surface area contributed by atoms with E-state index in [0.29, 0.717) is 0 Å². The van der Waals surface area contributed by atoms with E-state index in [1.807, 2.05) is 0 Å². The van der Waals surface area contributed by atoms with E-state index >= 15 is 0 Å². The highest BCUT2D eigenvalue weighted by molar-refractivity contribution is 7.87. The van der Waals surface area contributed by atoms with Crippen molar-refractivity contribution in [2.45, 2.75) is 25.3 Å². The van der Waals surface area contributed by atoms with Crippen LogP contribution in [-0.2, 0) is 15.0 Å². The molecule has 0 aromatic rings. The van der Waals surface area contributed by atoms with Crippen molar-refractivity contribution in [2.75, 3.05) is 14.1 Å². The summed E-state index contributed by atoms with van der Waals surface area (Å²) < 4.78 is 27.1. The van der Waals surface area contributed by atoms with Crippen molar-refractivity contribution >= 4 is 16.2 Å². The second kappa shape index (κ2) is 4.22. The van der Waals surface area contributed by atoms with Crippen LogP contribution < -0.4 is 4.72 Å². The second-order valence-electron chi connectivity index (χ2n) is 5.13. The topological polar surface area (TPSA) is 86.7 Å². The monoisotopic (exact) mass is 262 g/mol. The lowest BCUT2D eigenvalue weighted by Gasteiger charge is -2.29. The average Bonchev–Trinajstić information content (AvgIpc) is 2.76. The molecule has 17 heavy (non-hydrogen) atoms. The van der Waals surface area contributed by atoms with Crippen LogP contribution >= 0.6 is 0 Å². The summed E-state index contributed by atoms with van der Waals surface area (Å²) in [5.74, 6) is -1.14. The second-order valence-corrected chi connectivity index (χ2v) is 7.04. The quantitative estimate of drug-likeness (QED) is 0.739. The van der Waals surface area contributed by atoms with Gasteiger partial charge in [-0.1, -0.05) is 0 Å². The summed E-state index contributed by atoms with van der Waals surface area (Å²) in [7, 11) is -0.679. The van der Waals surface area contributed by atoms with E-state index in [1.54, 1.807) is 0 Å². The van der Waals surface area contributed by atoms with Gasteiger partial charge in [0.2, 0.25) is 0 Å². The van der Waals surface area contributed by atoms with Gasteiger partial charge in [-0.2, -0.15) is 17.4 Å². The highest BCUT2D eigenvalue weighted by Crippen LogP contribution is 2.48. The largest absolute Gasteiger partial charge is 0.481 e. The Morgan fingerprint density at radius 3 is 2.41 bits per heavy atom. The molecule has 2 saturated carbocycles. The van der Waals surface area contributed by atoms with E-state index in [4.69, 9.17) is 0 Å². The van der Waals surface area contributed by atoms with E-state index < -0.39 is 28.1 Å². The van der Waals surface area contributed by atoms with Gasteiger partial charge < -0.3 is 5.11 Å². The summed E-state index contributed by atoms with van der Waals surface area (Å²) in [5.41, 5.74) is 0. The van der Waals surface area contributed by atoms with Gasteiger partial charge in [-0.25, -0.2) is 0 Å². The zero-order valence-electron chi connectivity index (χ0n) is 9.96. The molecule has 2 rings (SSSR count). The van der Waals surface area contributed by atoms with Crippen molar-refractivity contribution in [3.8, 4) is 0 Å². The van der Waals surface area contributed by atoms with Crippen molar-refractivity contribution in [3.05, 3.63) is 0 Å². The van der Waals surface area contributed by atoms with Crippen LogP contribution in [0.2, 0.25) is 0 Å². The Balaban J connectivity index is 2.18. The number of nitrogens with zero attached hydrogens (tertiary/aromatic N) is 1. The Bertz CT molecular complexity index is 420. The molecule has 2 fully saturated rings. The third kappa shape index (κ3) is 2.19. The van der Waals surface area contributed by atoms with Gasteiger partial charge in [-0.15, -0.1) is 0 Å². The molecule has 2 aliphatic rings. The maximum absolute atomic E-state index is 11.8. The van der Waals surface area contributed by atoms with Gasteiger partial charge in [0.25, 0.3) is 10.2 Å². The summed E-state index contributed by atoms with van der Waals surface area (Å²) in [4.78, 5) is 11.2. The molecule has 6 nitrogen and oxygen atoms in total. The van der Waals surface area contributed by atoms with Gasteiger partial charge in [0.15, 0.2) is 0 Å². The van der Waals surface area contributed by atoms with Crippen LogP contribution in [-0.4, -0.2) is 43.9 Å². The van der Waals surface area contributed by atoms with Crippen molar-refractivity contribution < 1.29 is 18.3 Å². The van der Waals surface area contributed by atoms with Crippen LogP contribution in [0.5, 0.6) is 0 Å². The lowest BCUT2D eigenvalue weighted by molar-refractivity contribution is -0.144. The minimum absolute atomic E-state index is 0.132. The zero-order chi connectivity index (χ0) is 12.8. The third-order valence-electron chi connectivity index (χ3n) is 3.97. The number of nitrogens with one attached hydrogen (secondary N) is 1. The standard InChI is InChI=1S/C10H18N2O4S/c1-12(2)17(15,16)11-9-7-4-3-6(5-7)8(9)10(13)14/h6-9,11H,3-5H2,1-2H3,(H,13,14). The maximum Gasteiger partial charge on any atom is 0.308 e. The molecule has 0 aromatic heterocycles. The molecule has 0 heterocycles. The normalized spacial score (nSPS) is 36.6. The molecule has 0 radical (unpaired) electrons. The van der Waals surface area contributed by atoms with Gasteiger partial charge in [0.1, 0.15) is 0 Å². The molecular formula is C10H18N2O4S. The predicted octanol–water partition coefficient (Wildman–Crippen LogP) is -0.118. The fourth-order valence-corrected chi connectivity index (χ4v) is 3.99. The van der Waals surface area contributed by atoms with Crippen LogP contribution in [0.25, 0.3) is 0 Å². The summed E-state index contributed by atoms with van der Waals surface area (Å²) in [6, 6.07) is -0.446. The SMILES string of the molecule is CN(C)S(=O)(=O)NC1C2CCC(C2)C1C(=O)O. The lowest BCUT2D eigenvalue weighted by Crippen LogP contribution is -2.50. The molecular weight excluding hydrogens is 244 g/mol. The Labute approximate surface area is 101 Å². The minimum atomic E-state index is -3.55. The molecule has 2 bridgehead atoms. The fourth-order valence-electron chi connectivity index (χ4n) is 3.09. The first-order valence-corrected chi connectivity index (χ1v) is 7.19. The number of fused-ring (bicyclic) bond motifs is 2. The van der Waals surface area contributed by atoms with Crippen molar-refractivity contribution in [2.24, 2.45) is 17.8 Å². The van der Waals surface area contributed by atoms with Gasteiger partial charge in [-0.05, 0) is 31.1 Å². The number of aliphatic carboxylic acids is 1. The van der Waals surface area contributed by atoms with E-state index in [9.17, 15) is 18.3 Å². The number of rotatable bonds is 4. The first-order chi connectivity index (χ1) is 7.83. The maximum atomic E-state index is 11.8. The molecule has 0 amide bonds. The summed E-state index contributed by atoms with van der Waals surface area (Å²) in [5, 5.41) is 9.19. The molecule has 7 heteroatoms. The Morgan fingerprint density at radius 2 is 1.88 bits per heavy atom. The van der Waals surface area contributed by atoms with Gasteiger partial charge in [-0.3, -0.25) is 4.79 Å². The Morgan fingerprint density at radius 1 is 1.29 bits per heavy atom. The Kier molecular flexibility index (Phi) is 3.17. The average molecular weight is 262 g/mol. The van der Waals surface area contributed by atoms with Crippen molar-refractivity contribution in [1.29, 1.82) is 0 Å². The van der Waals surface area contributed by atoms with Crippen LogP contribution in [0.15, 0.2) is 0 Å². The van der Waals surface area contributed by atoms with Crippen LogP contribution in [0.4, 0.5) is 0 Å². The van der Waals surface area contributed by atoms with Crippen LogP contribution in [0.1, 0.15) is 19.3 Å². The molecule has 2 N–H and O–H groups in total. The predicted molar refractivity (Wildman–Crippen MR) is 61.5 cm³/mol. The highest BCUT2D eigenvalue weighted by Gasteiger charge is 2.52. The summed E-state index contributed by atoms with van der Waals surface area (Å²) in [6.45, 7) is 0. The van der Waals surface area contributed by atoms with Crippen LogP contribution in [0.3, 0.4) is 0 Å². The number of carbonyl (C=O) groups is 1. The molecule has 0 aromatic carbocycles. The van der Waals surface area contributed by atoms with E-state index in [-0.39, 0.29) is 11.8 Å². The number of hydrogen-bond acceptors (Lipinski definition) is 3. The van der Waals surface area contributed by atoms with Crippen molar-refractivity contribution in [3.63, 3.8) is 0 Å². The first kappa shape index (κ1) is 12.8. The summed E-state index contributed by atoms with van der Waals surface area (Å²) in [6.07, 6.45) is 2.66. The third-order valence-corrected chi connectivity index (χ3v) is 5.50. The summed E-state index contributed by atoms with van der Waals surface area (Å²) >= 11 is 0. The van der Waals surface area contributed by atoms with E-state index in [2.05, 4.69) is 4.72 Å². The number of hydrogen-bond donors (Lipinski definition) is 2. The van der Waals surface area contributed by atoms with E-state index in [0.717, 1.165) is 23.6 Å². The smallest absolute Gasteiger partial charge is 0.308 e. The molecule has 0 saturated heterocycles. The van der Waals surface area contributed by atoms with Gasteiger partial charge in [0, 0.05) is 20.1 Å². The van der Waals surface area contributed by atoms with E-state index in [1.165, 1.54) is 14.1 Å². The number of carboxylic acids is 1. The lowest BCUT2D eigenvalue weighted by atomic mass is 9.85. The van der Waals surface area contributed by atoms with Gasteiger partial charge in [0.05, 0.1) is 5.92 Å². The molecule has 0 aliphatic heterocycles. The number of carboxylic acid groups (broad SMARTS) is 1. The molecule has 4 unspecified atom stereocenters. The minimum Gasteiger partial charge on any atom is -0.481 e. The first-order valence-electron chi connectivity index (χ1n) is 5.75. The molecule has 2 aliphatic carbocycles. The van der Waals surface area contributed by atoms with Crippen LogP contribution in [0, 0.1) is 17.8 Å².